The van der Waals surface area contributed by atoms with Gasteiger partial charge in [-0.25, -0.2) is 4.39 Å². The molecule has 0 aromatic heterocycles. The first-order valence-electron chi connectivity index (χ1n) is 7.63. The molecule has 1 aliphatic rings. The maximum Gasteiger partial charge on any atom is 0.256 e. The van der Waals surface area contributed by atoms with Gasteiger partial charge in [-0.2, -0.15) is 0 Å². The highest BCUT2D eigenvalue weighted by Crippen LogP contribution is 2.25. The summed E-state index contributed by atoms with van der Waals surface area (Å²) < 4.78 is 14.4. The Balaban J connectivity index is 1.82. The second-order valence-corrected chi connectivity index (χ2v) is 6.28. The third kappa shape index (κ3) is 3.38. The molecule has 0 spiro atoms. The number of carbonyl (C=O) groups excluding carboxylic acids is 1. The number of nitrogens with zero attached hydrogens (tertiary/aromatic N) is 1. The van der Waals surface area contributed by atoms with Gasteiger partial charge in [0.05, 0.1) is 5.56 Å². The minimum Gasteiger partial charge on any atom is -0.338 e. The van der Waals surface area contributed by atoms with Gasteiger partial charge in [-0.3, -0.25) is 4.79 Å². The van der Waals surface area contributed by atoms with Gasteiger partial charge in [-0.1, -0.05) is 29.8 Å². The van der Waals surface area contributed by atoms with Crippen molar-refractivity contribution in [3.63, 3.8) is 0 Å². The molecule has 1 saturated heterocycles. The van der Waals surface area contributed by atoms with Crippen molar-refractivity contribution < 1.29 is 9.18 Å². The Labute approximate surface area is 139 Å². The topological polar surface area (TPSA) is 46.3 Å². The van der Waals surface area contributed by atoms with E-state index in [1.165, 1.54) is 6.07 Å². The number of amides is 1. The number of nitrogens with two attached hydrogens (primary N) is 1. The van der Waals surface area contributed by atoms with E-state index in [1.54, 1.807) is 29.2 Å². The number of carbonyl (C=O) groups is 1. The van der Waals surface area contributed by atoms with Crippen molar-refractivity contribution in [1.29, 1.82) is 0 Å². The first-order valence-corrected chi connectivity index (χ1v) is 8.01. The molecule has 120 valence electrons. The maximum absolute atomic E-state index is 14.4. The van der Waals surface area contributed by atoms with E-state index in [-0.39, 0.29) is 11.5 Å². The normalized spacial score (nSPS) is 17.5. The summed E-state index contributed by atoms with van der Waals surface area (Å²) in [5, 5.41) is 0.629. The van der Waals surface area contributed by atoms with Gasteiger partial charge in [-0.15, -0.1) is 0 Å². The summed E-state index contributed by atoms with van der Waals surface area (Å²) >= 11 is 5.86. The van der Waals surface area contributed by atoms with Gasteiger partial charge >= 0.3 is 0 Å². The zero-order valence-corrected chi connectivity index (χ0v) is 13.4. The standard InChI is InChI=1S/C18H18ClFN2O/c19-15-4-1-13(2-5-15)14-3-6-16(17(20)9-14)18(23)22-8-7-12(10-21)11-22/h1-6,9,12H,7-8,10-11,21H2/t12-/m0/s1. The Bertz CT molecular complexity index is 717. The van der Waals surface area contributed by atoms with Crippen molar-refractivity contribution in [1.82, 2.24) is 4.90 Å². The SMILES string of the molecule is NC[C@@H]1CCN(C(=O)c2ccc(-c3ccc(Cl)cc3)cc2F)C1. The van der Waals surface area contributed by atoms with Crippen molar-refractivity contribution in [3.8, 4) is 11.1 Å². The Hall–Kier alpha value is -1.91. The Kier molecular flexibility index (Phi) is 4.64. The summed E-state index contributed by atoms with van der Waals surface area (Å²) in [6.45, 7) is 1.80. The molecule has 1 amide bonds. The molecular formula is C18H18ClFN2O. The third-order valence-corrected chi connectivity index (χ3v) is 4.54. The first-order chi connectivity index (χ1) is 11.1. The van der Waals surface area contributed by atoms with E-state index < -0.39 is 5.82 Å². The molecule has 0 aliphatic carbocycles. The van der Waals surface area contributed by atoms with E-state index in [4.69, 9.17) is 17.3 Å². The van der Waals surface area contributed by atoms with Crippen LogP contribution in [-0.4, -0.2) is 30.4 Å². The molecule has 23 heavy (non-hydrogen) atoms. The predicted octanol–water partition coefficient (Wildman–Crippen LogP) is 3.57. The smallest absolute Gasteiger partial charge is 0.256 e. The van der Waals surface area contributed by atoms with Crippen molar-refractivity contribution in [2.75, 3.05) is 19.6 Å². The monoisotopic (exact) mass is 332 g/mol. The molecule has 0 bridgehead atoms. The first kappa shape index (κ1) is 16.0. The molecular weight excluding hydrogens is 315 g/mol. The van der Waals surface area contributed by atoms with Gasteiger partial charge in [0.25, 0.3) is 5.91 Å². The van der Waals surface area contributed by atoms with E-state index in [1.807, 2.05) is 12.1 Å². The summed E-state index contributed by atoms with van der Waals surface area (Å²) in [7, 11) is 0. The van der Waals surface area contributed by atoms with Crippen LogP contribution in [0, 0.1) is 11.7 Å². The molecule has 1 atom stereocenters. The fourth-order valence-electron chi connectivity index (χ4n) is 2.89. The summed E-state index contributed by atoms with van der Waals surface area (Å²) in [5.74, 6) is -0.449. The van der Waals surface area contributed by atoms with E-state index >= 15 is 0 Å². The molecule has 2 N–H and O–H groups in total. The van der Waals surface area contributed by atoms with E-state index in [9.17, 15) is 9.18 Å². The van der Waals surface area contributed by atoms with Crippen LogP contribution in [0.15, 0.2) is 42.5 Å². The Morgan fingerprint density at radius 2 is 1.91 bits per heavy atom. The lowest BCUT2D eigenvalue weighted by Gasteiger charge is -2.17. The Morgan fingerprint density at radius 3 is 2.52 bits per heavy atom. The molecule has 2 aromatic rings. The quantitative estimate of drug-likeness (QED) is 0.934. The lowest BCUT2D eigenvalue weighted by molar-refractivity contribution is 0.0783. The van der Waals surface area contributed by atoms with Crippen molar-refractivity contribution in [2.24, 2.45) is 11.7 Å². The zero-order chi connectivity index (χ0) is 16.4. The lowest BCUT2D eigenvalue weighted by Crippen LogP contribution is -2.30. The molecule has 1 fully saturated rings. The highest BCUT2D eigenvalue weighted by molar-refractivity contribution is 6.30. The maximum atomic E-state index is 14.4. The van der Waals surface area contributed by atoms with Crippen LogP contribution >= 0.6 is 11.6 Å². The van der Waals surface area contributed by atoms with Crippen LogP contribution < -0.4 is 5.73 Å². The minimum absolute atomic E-state index is 0.111. The summed E-state index contributed by atoms with van der Waals surface area (Å²) in [6, 6.07) is 11.9. The molecule has 1 heterocycles. The highest BCUT2D eigenvalue weighted by Gasteiger charge is 2.27. The largest absolute Gasteiger partial charge is 0.338 e. The second kappa shape index (κ2) is 6.69. The summed E-state index contributed by atoms with van der Waals surface area (Å²) in [5.41, 5.74) is 7.33. The van der Waals surface area contributed by atoms with Gasteiger partial charge in [0.15, 0.2) is 0 Å². The van der Waals surface area contributed by atoms with Crippen LogP contribution in [0.1, 0.15) is 16.8 Å². The van der Waals surface area contributed by atoms with Gasteiger partial charge in [-0.05, 0) is 54.3 Å². The minimum atomic E-state index is -0.501. The van der Waals surface area contributed by atoms with E-state index in [2.05, 4.69) is 0 Å². The number of rotatable bonds is 3. The molecule has 0 unspecified atom stereocenters. The average Bonchev–Trinajstić information content (AvgIpc) is 3.04. The molecule has 5 heteroatoms. The van der Waals surface area contributed by atoms with Crippen LogP contribution in [0.25, 0.3) is 11.1 Å². The number of halogens is 2. The van der Waals surface area contributed by atoms with Crippen LogP contribution in [0.2, 0.25) is 5.02 Å². The average molecular weight is 333 g/mol. The predicted molar refractivity (Wildman–Crippen MR) is 89.9 cm³/mol. The molecule has 3 rings (SSSR count). The van der Waals surface area contributed by atoms with Crippen LogP contribution in [0.3, 0.4) is 0 Å². The number of hydrogen-bond donors (Lipinski definition) is 1. The highest BCUT2D eigenvalue weighted by atomic mass is 35.5. The zero-order valence-electron chi connectivity index (χ0n) is 12.6. The van der Waals surface area contributed by atoms with Crippen LogP contribution in [-0.2, 0) is 0 Å². The van der Waals surface area contributed by atoms with E-state index in [0.717, 1.165) is 17.5 Å². The number of benzene rings is 2. The van der Waals surface area contributed by atoms with Gasteiger partial charge in [0, 0.05) is 18.1 Å². The lowest BCUT2D eigenvalue weighted by atomic mass is 10.0. The van der Waals surface area contributed by atoms with E-state index in [0.29, 0.717) is 30.6 Å². The molecule has 0 radical (unpaired) electrons. The van der Waals surface area contributed by atoms with Gasteiger partial charge < -0.3 is 10.6 Å². The van der Waals surface area contributed by atoms with Crippen molar-refractivity contribution in [3.05, 3.63) is 58.9 Å². The van der Waals surface area contributed by atoms with Crippen molar-refractivity contribution >= 4 is 17.5 Å². The number of hydrogen-bond acceptors (Lipinski definition) is 2. The third-order valence-electron chi connectivity index (χ3n) is 4.28. The second-order valence-electron chi connectivity index (χ2n) is 5.84. The molecule has 2 aromatic carbocycles. The van der Waals surface area contributed by atoms with Crippen LogP contribution in [0.5, 0.6) is 0 Å². The fraction of sp³-hybridized carbons (Fsp3) is 0.278. The Morgan fingerprint density at radius 1 is 1.22 bits per heavy atom. The fourth-order valence-corrected chi connectivity index (χ4v) is 3.02. The molecule has 1 aliphatic heterocycles. The van der Waals surface area contributed by atoms with Crippen LogP contribution in [0.4, 0.5) is 4.39 Å². The summed E-state index contributed by atoms with van der Waals surface area (Å²) in [6.07, 6.45) is 0.882. The van der Waals surface area contributed by atoms with Gasteiger partial charge in [0.2, 0.25) is 0 Å². The van der Waals surface area contributed by atoms with Gasteiger partial charge in [0.1, 0.15) is 5.82 Å². The summed E-state index contributed by atoms with van der Waals surface area (Å²) in [4.78, 5) is 14.1. The molecule has 3 nitrogen and oxygen atoms in total. The van der Waals surface area contributed by atoms with Crippen molar-refractivity contribution in [2.45, 2.75) is 6.42 Å². The number of likely N-dealkylation sites (tertiary alicyclic amines) is 1. The molecule has 0 saturated carbocycles.